The van der Waals surface area contributed by atoms with Gasteiger partial charge in [-0.3, -0.25) is 4.79 Å². The van der Waals surface area contributed by atoms with Gasteiger partial charge >= 0.3 is 5.97 Å². The van der Waals surface area contributed by atoms with Gasteiger partial charge in [-0.05, 0) is 25.0 Å². The van der Waals surface area contributed by atoms with E-state index in [0.717, 1.165) is 6.42 Å². The SMILES string of the molecule is COC(=O)C1CCCN1C(=O)COc1ccccc1OC. The van der Waals surface area contributed by atoms with E-state index in [4.69, 9.17) is 14.2 Å². The summed E-state index contributed by atoms with van der Waals surface area (Å²) in [5.74, 6) is 0.463. The molecule has 2 rings (SSSR count). The third-order valence-electron chi connectivity index (χ3n) is 3.47. The quantitative estimate of drug-likeness (QED) is 0.764. The van der Waals surface area contributed by atoms with Crippen molar-refractivity contribution in [3.8, 4) is 11.5 Å². The molecule has 1 atom stereocenters. The molecule has 0 bridgehead atoms. The van der Waals surface area contributed by atoms with Crippen LogP contribution in [0.3, 0.4) is 0 Å². The molecule has 1 amide bonds. The lowest BCUT2D eigenvalue weighted by Gasteiger charge is -2.22. The maximum absolute atomic E-state index is 12.2. The number of rotatable bonds is 5. The zero-order chi connectivity index (χ0) is 15.2. The van der Waals surface area contributed by atoms with Crippen molar-refractivity contribution in [1.82, 2.24) is 4.90 Å². The molecule has 6 heteroatoms. The smallest absolute Gasteiger partial charge is 0.328 e. The van der Waals surface area contributed by atoms with E-state index in [1.54, 1.807) is 18.2 Å². The Bertz CT molecular complexity index is 517. The van der Waals surface area contributed by atoms with Crippen LogP contribution < -0.4 is 9.47 Å². The van der Waals surface area contributed by atoms with E-state index in [9.17, 15) is 9.59 Å². The molecule has 1 aromatic carbocycles. The van der Waals surface area contributed by atoms with Gasteiger partial charge in [0.2, 0.25) is 0 Å². The van der Waals surface area contributed by atoms with Crippen LogP contribution in [0.1, 0.15) is 12.8 Å². The van der Waals surface area contributed by atoms with Gasteiger partial charge in [-0.1, -0.05) is 12.1 Å². The van der Waals surface area contributed by atoms with Gasteiger partial charge in [0, 0.05) is 6.54 Å². The number of esters is 1. The summed E-state index contributed by atoms with van der Waals surface area (Å²) < 4.78 is 15.4. The summed E-state index contributed by atoms with van der Waals surface area (Å²) in [7, 11) is 2.87. The van der Waals surface area contributed by atoms with Gasteiger partial charge in [0.05, 0.1) is 14.2 Å². The fourth-order valence-electron chi connectivity index (χ4n) is 2.41. The normalized spacial score (nSPS) is 17.4. The van der Waals surface area contributed by atoms with Gasteiger partial charge in [0.15, 0.2) is 18.1 Å². The van der Waals surface area contributed by atoms with Gasteiger partial charge in [0.1, 0.15) is 6.04 Å². The minimum Gasteiger partial charge on any atom is -0.493 e. The average molecular weight is 293 g/mol. The number of carbonyl (C=O) groups is 2. The van der Waals surface area contributed by atoms with Gasteiger partial charge < -0.3 is 19.1 Å². The van der Waals surface area contributed by atoms with E-state index in [1.807, 2.05) is 6.07 Å². The summed E-state index contributed by atoms with van der Waals surface area (Å²) in [5, 5.41) is 0. The van der Waals surface area contributed by atoms with Crippen LogP contribution in [0.15, 0.2) is 24.3 Å². The molecule has 114 valence electrons. The highest BCUT2D eigenvalue weighted by Gasteiger charge is 2.34. The molecular formula is C15H19NO5. The van der Waals surface area contributed by atoms with Crippen molar-refractivity contribution in [2.75, 3.05) is 27.4 Å². The van der Waals surface area contributed by atoms with Crippen LogP contribution in [0.25, 0.3) is 0 Å². The van der Waals surface area contributed by atoms with Crippen molar-refractivity contribution in [2.45, 2.75) is 18.9 Å². The Morgan fingerprint density at radius 3 is 2.62 bits per heavy atom. The van der Waals surface area contributed by atoms with Crippen LogP contribution in [-0.2, 0) is 14.3 Å². The van der Waals surface area contributed by atoms with Crippen LogP contribution in [0.2, 0.25) is 0 Å². The maximum atomic E-state index is 12.2. The molecule has 0 aliphatic carbocycles. The van der Waals surface area contributed by atoms with Crippen molar-refractivity contribution >= 4 is 11.9 Å². The lowest BCUT2D eigenvalue weighted by molar-refractivity contribution is -0.151. The number of methoxy groups -OCH3 is 2. The van der Waals surface area contributed by atoms with E-state index in [-0.39, 0.29) is 18.5 Å². The zero-order valence-electron chi connectivity index (χ0n) is 12.2. The highest BCUT2D eigenvalue weighted by molar-refractivity contribution is 5.85. The molecule has 6 nitrogen and oxygen atoms in total. The van der Waals surface area contributed by atoms with E-state index >= 15 is 0 Å². The number of nitrogens with zero attached hydrogens (tertiary/aromatic N) is 1. The van der Waals surface area contributed by atoms with Crippen LogP contribution in [0.5, 0.6) is 11.5 Å². The van der Waals surface area contributed by atoms with Crippen LogP contribution in [-0.4, -0.2) is 50.2 Å². The monoisotopic (exact) mass is 293 g/mol. The van der Waals surface area contributed by atoms with Crippen molar-refractivity contribution in [2.24, 2.45) is 0 Å². The van der Waals surface area contributed by atoms with E-state index in [1.165, 1.54) is 19.1 Å². The Balaban J connectivity index is 1.97. The van der Waals surface area contributed by atoms with Gasteiger partial charge in [-0.25, -0.2) is 4.79 Å². The Morgan fingerprint density at radius 2 is 1.95 bits per heavy atom. The molecule has 1 saturated heterocycles. The Hall–Kier alpha value is -2.24. The minimum absolute atomic E-state index is 0.131. The number of benzene rings is 1. The van der Waals surface area contributed by atoms with Crippen LogP contribution in [0, 0.1) is 0 Å². The van der Waals surface area contributed by atoms with Crippen molar-refractivity contribution in [3.05, 3.63) is 24.3 Å². The number of likely N-dealkylation sites (tertiary alicyclic amines) is 1. The topological polar surface area (TPSA) is 65.1 Å². The van der Waals surface area contributed by atoms with E-state index in [0.29, 0.717) is 24.5 Å². The van der Waals surface area contributed by atoms with Crippen LogP contribution >= 0.6 is 0 Å². The number of carbonyl (C=O) groups excluding carboxylic acids is 2. The molecule has 1 fully saturated rings. The van der Waals surface area contributed by atoms with Crippen molar-refractivity contribution in [3.63, 3.8) is 0 Å². The van der Waals surface area contributed by atoms with Crippen LogP contribution in [0.4, 0.5) is 0 Å². The van der Waals surface area contributed by atoms with E-state index in [2.05, 4.69) is 0 Å². The predicted molar refractivity (Wildman–Crippen MR) is 75.2 cm³/mol. The molecule has 1 aromatic rings. The van der Waals surface area contributed by atoms with Gasteiger partial charge in [-0.15, -0.1) is 0 Å². The Labute approximate surface area is 123 Å². The standard InChI is InChI=1S/C15H19NO5/c1-19-12-7-3-4-8-13(12)21-10-14(17)16-9-5-6-11(16)15(18)20-2/h3-4,7-8,11H,5-6,9-10H2,1-2H3. The molecule has 0 saturated carbocycles. The highest BCUT2D eigenvalue weighted by atomic mass is 16.5. The lowest BCUT2D eigenvalue weighted by atomic mass is 10.2. The number of ether oxygens (including phenoxy) is 3. The summed E-state index contributed by atoms with van der Waals surface area (Å²) in [6, 6.07) is 6.61. The molecule has 0 spiro atoms. The average Bonchev–Trinajstić information content (AvgIpc) is 3.01. The first-order valence-electron chi connectivity index (χ1n) is 6.80. The second-order valence-corrected chi connectivity index (χ2v) is 4.71. The van der Waals surface area contributed by atoms with Crippen molar-refractivity contribution < 1.29 is 23.8 Å². The number of amides is 1. The third kappa shape index (κ3) is 3.45. The summed E-state index contributed by atoms with van der Waals surface area (Å²) in [5.41, 5.74) is 0. The van der Waals surface area contributed by atoms with Gasteiger partial charge in [0.25, 0.3) is 5.91 Å². The molecule has 21 heavy (non-hydrogen) atoms. The zero-order valence-corrected chi connectivity index (χ0v) is 12.2. The number of hydrogen-bond acceptors (Lipinski definition) is 5. The summed E-state index contributed by atoms with van der Waals surface area (Å²) in [4.78, 5) is 25.3. The number of hydrogen-bond donors (Lipinski definition) is 0. The van der Waals surface area contributed by atoms with Crippen molar-refractivity contribution in [1.29, 1.82) is 0 Å². The predicted octanol–water partition coefficient (Wildman–Crippen LogP) is 1.24. The Kier molecular flexibility index (Phi) is 5.03. The number of para-hydroxylation sites is 2. The molecule has 0 N–H and O–H groups in total. The first kappa shape index (κ1) is 15.2. The molecule has 1 heterocycles. The third-order valence-corrected chi connectivity index (χ3v) is 3.47. The fraction of sp³-hybridized carbons (Fsp3) is 0.467. The molecular weight excluding hydrogens is 274 g/mol. The Morgan fingerprint density at radius 1 is 1.24 bits per heavy atom. The fourth-order valence-corrected chi connectivity index (χ4v) is 2.41. The maximum Gasteiger partial charge on any atom is 0.328 e. The summed E-state index contributed by atoms with van der Waals surface area (Å²) >= 11 is 0. The molecule has 0 aromatic heterocycles. The second-order valence-electron chi connectivity index (χ2n) is 4.71. The molecule has 0 radical (unpaired) electrons. The van der Waals surface area contributed by atoms with E-state index < -0.39 is 6.04 Å². The first-order chi connectivity index (χ1) is 10.2. The highest BCUT2D eigenvalue weighted by Crippen LogP contribution is 2.26. The minimum atomic E-state index is -0.497. The largest absolute Gasteiger partial charge is 0.493 e. The summed E-state index contributed by atoms with van der Waals surface area (Å²) in [6.45, 7) is 0.418. The second kappa shape index (κ2) is 6.97. The summed E-state index contributed by atoms with van der Waals surface area (Å²) in [6.07, 6.45) is 1.42. The molecule has 1 aliphatic heterocycles. The van der Waals surface area contributed by atoms with Gasteiger partial charge in [-0.2, -0.15) is 0 Å². The molecule has 1 unspecified atom stereocenters. The first-order valence-corrected chi connectivity index (χ1v) is 6.80. The lowest BCUT2D eigenvalue weighted by Crippen LogP contribution is -2.43. The molecule has 1 aliphatic rings.